The first kappa shape index (κ1) is 18.2. The zero-order valence-electron chi connectivity index (χ0n) is 14.5. The number of aromatic nitrogens is 2. The van der Waals surface area contributed by atoms with Crippen LogP contribution in [0.2, 0.25) is 0 Å². The molecule has 0 spiro atoms. The fourth-order valence-electron chi connectivity index (χ4n) is 2.55. The van der Waals surface area contributed by atoms with Crippen LogP contribution in [0, 0.1) is 0 Å². The molecule has 0 radical (unpaired) electrons. The van der Waals surface area contributed by atoms with Gasteiger partial charge in [0.2, 0.25) is 0 Å². The number of H-pyrrole nitrogens is 1. The van der Waals surface area contributed by atoms with Gasteiger partial charge in [0.1, 0.15) is 6.61 Å². The molecule has 7 heteroatoms. The summed E-state index contributed by atoms with van der Waals surface area (Å²) in [5.74, 6) is -1.07. The maximum absolute atomic E-state index is 11.6. The van der Waals surface area contributed by atoms with Crippen molar-refractivity contribution in [2.24, 2.45) is 0 Å². The van der Waals surface area contributed by atoms with Crippen LogP contribution in [0.25, 0.3) is 17.0 Å². The van der Waals surface area contributed by atoms with Crippen molar-refractivity contribution in [2.75, 3.05) is 6.54 Å². The number of aromatic carboxylic acids is 1. The minimum Gasteiger partial charge on any atom is -0.476 e. The number of carbonyl (C=O) groups is 2. The molecule has 0 saturated heterocycles. The van der Waals surface area contributed by atoms with Gasteiger partial charge in [-0.2, -0.15) is 5.10 Å². The van der Waals surface area contributed by atoms with E-state index in [2.05, 4.69) is 15.5 Å². The Morgan fingerprint density at radius 1 is 1.19 bits per heavy atom. The number of ether oxygens (including phenoxy) is 1. The zero-order chi connectivity index (χ0) is 19.1. The summed E-state index contributed by atoms with van der Waals surface area (Å²) in [6.07, 6.45) is 3.93. The van der Waals surface area contributed by atoms with Crippen LogP contribution >= 0.6 is 0 Å². The number of hydrogen-bond donors (Lipinski definition) is 3. The van der Waals surface area contributed by atoms with Gasteiger partial charge >= 0.3 is 12.1 Å². The molecule has 138 valence electrons. The largest absolute Gasteiger partial charge is 0.476 e. The third-order valence-corrected chi connectivity index (χ3v) is 3.89. The Morgan fingerprint density at radius 3 is 2.78 bits per heavy atom. The van der Waals surface area contributed by atoms with Crippen molar-refractivity contribution in [3.63, 3.8) is 0 Å². The van der Waals surface area contributed by atoms with Gasteiger partial charge in [0.05, 0.1) is 5.52 Å². The van der Waals surface area contributed by atoms with Crippen LogP contribution in [0.5, 0.6) is 0 Å². The van der Waals surface area contributed by atoms with Crippen LogP contribution in [0.15, 0.2) is 54.6 Å². The molecule has 3 rings (SSSR count). The lowest BCUT2D eigenvalue weighted by molar-refractivity contribution is 0.0692. The molecule has 0 atom stereocenters. The van der Waals surface area contributed by atoms with Gasteiger partial charge in [-0.25, -0.2) is 9.59 Å². The highest BCUT2D eigenvalue weighted by molar-refractivity contribution is 6.01. The van der Waals surface area contributed by atoms with E-state index in [1.54, 1.807) is 12.1 Å². The Kier molecular flexibility index (Phi) is 5.84. The van der Waals surface area contributed by atoms with E-state index in [0.717, 1.165) is 11.1 Å². The molecule has 1 aromatic heterocycles. The Morgan fingerprint density at radius 2 is 2.00 bits per heavy atom. The molecular weight excluding hydrogens is 346 g/mol. The van der Waals surface area contributed by atoms with Crippen molar-refractivity contribution in [2.45, 2.75) is 13.0 Å². The van der Waals surface area contributed by atoms with Gasteiger partial charge in [-0.05, 0) is 29.7 Å². The predicted octanol–water partition coefficient (Wildman–Crippen LogP) is 3.59. The van der Waals surface area contributed by atoms with Gasteiger partial charge in [0, 0.05) is 11.9 Å². The average molecular weight is 365 g/mol. The average Bonchev–Trinajstić information content (AvgIpc) is 3.10. The number of fused-ring (bicyclic) bond motifs is 1. The number of rotatable bonds is 7. The van der Waals surface area contributed by atoms with Crippen molar-refractivity contribution < 1.29 is 19.4 Å². The molecular formula is C20H19N3O4. The monoisotopic (exact) mass is 365 g/mol. The highest BCUT2D eigenvalue weighted by Crippen LogP contribution is 2.18. The minimum absolute atomic E-state index is 0.00285. The zero-order valence-corrected chi connectivity index (χ0v) is 14.5. The number of carboxylic acids is 1. The maximum atomic E-state index is 11.6. The van der Waals surface area contributed by atoms with Gasteiger partial charge < -0.3 is 15.2 Å². The third-order valence-electron chi connectivity index (χ3n) is 3.89. The first-order valence-corrected chi connectivity index (χ1v) is 8.46. The van der Waals surface area contributed by atoms with Crippen molar-refractivity contribution in [1.82, 2.24) is 15.5 Å². The molecule has 3 aromatic rings. The molecule has 0 unspecified atom stereocenters. The SMILES string of the molecule is O=C(NCCC=Cc1ccc2[nH]nc(C(=O)O)c2c1)OCc1ccccc1. The van der Waals surface area contributed by atoms with Crippen LogP contribution < -0.4 is 5.32 Å². The van der Waals surface area contributed by atoms with Gasteiger partial charge in [-0.15, -0.1) is 0 Å². The molecule has 0 bridgehead atoms. The molecule has 3 N–H and O–H groups in total. The lowest BCUT2D eigenvalue weighted by Crippen LogP contribution is -2.24. The summed E-state index contributed by atoms with van der Waals surface area (Å²) < 4.78 is 5.13. The van der Waals surface area contributed by atoms with Crippen molar-refractivity contribution in [3.05, 3.63) is 71.4 Å². The number of nitrogens with one attached hydrogen (secondary N) is 2. The molecule has 1 heterocycles. The number of benzene rings is 2. The van der Waals surface area contributed by atoms with Gasteiger partial charge in [-0.3, -0.25) is 5.10 Å². The summed E-state index contributed by atoms with van der Waals surface area (Å²) in [5.41, 5.74) is 2.47. The number of aromatic amines is 1. The number of hydrogen-bond acceptors (Lipinski definition) is 4. The molecule has 2 aromatic carbocycles. The Labute approximate surface area is 155 Å². The second-order valence-corrected chi connectivity index (χ2v) is 5.86. The molecule has 0 aliphatic rings. The highest BCUT2D eigenvalue weighted by Gasteiger charge is 2.12. The fourth-order valence-corrected chi connectivity index (χ4v) is 2.55. The second-order valence-electron chi connectivity index (χ2n) is 5.86. The van der Waals surface area contributed by atoms with E-state index in [0.29, 0.717) is 23.9 Å². The molecule has 7 nitrogen and oxygen atoms in total. The number of amides is 1. The van der Waals surface area contributed by atoms with Crippen LogP contribution in [-0.4, -0.2) is 33.9 Å². The van der Waals surface area contributed by atoms with Crippen molar-refractivity contribution >= 4 is 29.0 Å². The summed E-state index contributed by atoms with van der Waals surface area (Å²) in [7, 11) is 0. The van der Waals surface area contributed by atoms with Gasteiger partial charge in [0.25, 0.3) is 0 Å². The van der Waals surface area contributed by atoms with Gasteiger partial charge in [0.15, 0.2) is 5.69 Å². The van der Waals surface area contributed by atoms with Gasteiger partial charge in [-0.1, -0.05) is 48.6 Å². The van der Waals surface area contributed by atoms with E-state index < -0.39 is 12.1 Å². The van der Waals surface area contributed by atoms with Crippen LogP contribution in [-0.2, 0) is 11.3 Å². The molecule has 1 amide bonds. The first-order valence-electron chi connectivity index (χ1n) is 8.46. The summed E-state index contributed by atoms with van der Waals surface area (Å²) in [6.45, 7) is 0.678. The molecule has 0 aliphatic heterocycles. The van der Waals surface area contributed by atoms with E-state index in [-0.39, 0.29) is 12.3 Å². The Hall–Kier alpha value is -3.61. The summed E-state index contributed by atoms with van der Waals surface area (Å²) in [5, 5.41) is 18.9. The quantitative estimate of drug-likeness (QED) is 0.555. The first-order chi connectivity index (χ1) is 13.1. The lowest BCUT2D eigenvalue weighted by Gasteiger charge is -2.05. The van der Waals surface area contributed by atoms with Crippen LogP contribution in [0.1, 0.15) is 28.0 Å². The van der Waals surface area contributed by atoms with E-state index >= 15 is 0 Å². The second kappa shape index (κ2) is 8.66. The maximum Gasteiger partial charge on any atom is 0.407 e. The number of carboxylic acid groups (broad SMARTS) is 1. The topological polar surface area (TPSA) is 104 Å². The molecule has 0 aliphatic carbocycles. The summed E-state index contributed by atoms with van der Waals surface area (Å²) in [4.78, 5) is 22.8. The number of alkyl carbamates (subject to hydrolysis) is 1. The van der Waals surface area contributed by atoms with Crippen LogP contribution in [0.4, 0.5) is 4.79 Å². The normalized spacial score (nSPS) is 11.0. The van der Waals surface area contributed by atoms with E-state index in [1.807, 2.05) is 48.6 Å². The molecule has 0 fully saturated rings. The van der Waals surface area contributed by atoms with E-state index in [9.17, 15) is 9.59 Å². The Balaban J connectivity index is 1.45. The fraction of sp³-hybridized carbons (Fsp3) is 0.150. The van der Waals surface area contributed by atoms with Crippen molar-refractivity contribution in [1.29, 1.82) is 0 Å². The minimum atomic E-state index is -1.07. The lowest BCUT2D eigenvalue weighted by atomic mass is 10.1. The van der Waals surface area contributed by atoms with Crippen LogP contribution in [0.3, 0.4) is 0 Å². The standard InChI is InChI=1S/C20H19N3O4/c24-19(25)18-16-12-14(9-10-17(16)22-23-18)6-4-5-11-21-20(26)27-13-15-7-2-1-3-8-15/h1-4,6-10,12H,5,11,13H2,(H,21,26)(H,22,23)(H,24,25). The smallest absolute Gasteiger partial charge is 0.407 e. The molecule has 27 heavy (non-hydrogen) atoms. The van der Waals surface area contributed by atoms with E-state index in [4.69, 9.17) is 9.84 Å². The van der Waals surface area contributed by atoms with Crippen molar-refractivity contribution in [3.8, 4) is 0 Å². The molecule has 0 saturated carbocycles. The number of nitrogens with zero attached hydrogens (tertiary/aromatic N) is 1. The highest BCUT2D eigenvalue weighted by atomic mass is 16.5. The summed E-state index contributed by atoms with van der Waals surface area (Å²) >= 11 is 0. The third kappa shape index (κ3) is 4.94. The summed E-state index contributed by atoms with van der Waals surface area (Å²) in [6, 6.07) is 14.9. The Bertz CT molecular complexity index is 964. The number of carbonyl (C=O) groups excluding carboxylic acids is 1. The van der Waals surface area contributed by atoms with E-state index in [1.165, 1.54) is 0 Å². The predicted molar refractivity (Wildman–Crippen MR) is 101 cm³/mol.